The van der Waals surface area contributed by atoms with Gasteiger partial charge < -0.3 is 10.4 Å². The number of hydrogen-bond acceptors (Lipinski definition) is 2. The highest BCUT2D eigenvalue weighted by atomic mass is 16.3. The molecule has 0 amide bonds. The van der Waals surface area contributed by atoms with Gasteiger partial charge in [0.25, 0.3) is 0 Å². The maximum atomic E-state index is 10.5. The molecule has 0 aromatic heterocycles. The molecule has 2 atom stereocenters. The summed E-state index contributed by atoms with van der Waals surface area (Å²) in [6.07, 6.45) is 3.13. The molecule has 0 saturated heterocycles. The Morgan fingerprint density at radius 1 is 1.05 bits per heavy atom. The second-order valence-electron chi connectivity index (χ2n) is 5.98. The van der Waals surface area contributed by atoms with Gasteiger partial charge in [0.05, 0.1) is 6.10 Å². The van der Waals surface area contributed by atoms with E-state index in [2.05, 4.69) is 35.6 Å². The lowest BCUT2D eigenvalue weighted by molar-refractivity contribution is 0.135. The lowest BCUT2D eigenvalue weighted by Gasteiger charge is -2.21. The number of aliphatic hydroxyl groups excluding tert-OH is 1. The van der Waals surface area contributed by atoms with E-state index in [9.17, 15) is 5.11 Å². The maximum absolute atomic E-state index is 10.5. The number of aryl methyl sites for hydroxylation is 2. The van der Waals surface area contributed by atoms with Crippen molar-refractivity contribution in [1.82, 2.24) is 5.32 Å². The first-order chi connectivity index (χ1) is 10.2. The predicted octanol–water partition coefficient (Wildman–Crippen LogP) is 3.39. The summed E-state index contributed by atoms with van der Waals surface area (Å²) < 4.78 is 0. The van der Waals surface area contributed by atoms with Crippen molar-refractivity contribution in [3.05, 3.63) is 70.8 Å². The molecule has 0 spiro atoms. The Kier molecular flexibility index (Phi) is 4.37. The SMILES string of the molecule is CC(NCc1ccccc1)C(O)c1ccc2c(c1)CCC2. The summed E-state index contributed by atoms with van der Waals surface area (Å²) in [6.45, 7) is 2.82. The molecule has 0 saturated carbocycles. The summed E-state index contributed by atoms with van der Waals surface area (Å²) in [5, 5.41) is 14.0. The van der Waals surface area contributed by atoms with Crippen molar-refractivity contribution in [2.75, 3.05) is 0 Å². The van der Waals surface area contributed by atoms with Crippen molar-refractivity contribution in [2.45, 2.75) is 44.9 Å². The van der Waals surface area contributed by atoms with Gasteiger partial charge in [0, 0.05) is 12.6 Å². The van der Waals surface area contributed by atoms with Gasteiger partial charge in [-0.2, -0.15) is 0 Å². The molecule has 2 N–H and O–H groups in total. The molecule has 2 unspecified atom stereocenters. The van der Waals surface area contributed by atoms with E-state index in [4.69, 9.17) is 0 Å². The van der Waals surface area contributed by atoms with E-state index in [1.54, 1.807) is 0 Å². The fourth-order valence-corrected chi connectivity index (χ4v) is 3.05. The van der Waals surface area contributed by atoms with E-state index < -0.39 is 6.10 Å². The minimum absolute atomic E-state index is 0.0321. The minimum atomic E-state index is -0.459. The van der Waals surface area contributed by atoms with Crippen molar-refractivity contribution < 1.29 is 5.11 Å². The summed E-state index contributed by atoms with van der Waals surface area (Å²) in [4.78, 5) is 0. The largest absolute Gasteiger partial charge is 0.387 e. The zero-order chi connectivity index (χ0) is 14.7. The Balaban J connectivity index is 1.63. The lowest BCUT2D eigenvalue weighted by Crippen LogP contribution is -2.31. The van der Waals surface area contributed by atoms with Crippen molar-refractivity contribution >= 4 is 0 Å². The van der Waals surface area contributed by atoms with Crippen LogP contribution in [0.5, 0.6) is 0 Å². The Morgan fingerprint density at radius 3 is 2.62 bits per heavy atom. The second-order valence-corrected chi connectivity index (χ2v) is 5.98. The van der Waals surface area contributed by atoms with E-state index in [-0.39, 0.29) is 6.04 Å². The van der Waals surface area contributed by atoms with Crippen LogP contribution in [0.4, 0.5) is 0 Å². The van der Waals surface area contributed by atoms with Crippen molar-refractivity contribution in [3.8, 4) is 0 Å². The van der Waals surface area contributed by atoms with E-state index in [0.717, 1.165) is 18.5 Å². The first kappa shape index (κ1) is 14.3. The van der Waals surface area contributed by atoms with Crippen molar-refractivity contribution in [1.29, 1.82) is 0 Å². The topological polar surface area (TPSA) is 32.3 Å². The van der Waals surface area contributed by atoms with E-state index in [0.29, 0.717) is 0 Å². The molecule has 2 nitrogen and oxygen atoms in total. The van der Waals surface area contributed by atoms with Crippen LogP contribution in [0.25, 0.3) is 0 Å². The number of fused-ring (bicyclic) bond motifs is 1. The third-order valence-electron chi connectivity index (χ3n) is 4.41. The molecule has 3 rings (SSSR count). The van der Waals surface area contributed by atoms with Crippen LogP contribution in [0, 0.1) is 0 Å². The van der Waals surface area contributed by atoms with Gasteiger partial charge in [-0.1, -0.05) is 48.5 Å². The number of benzene rings is 2. The molecule has 0 radical (unpaired) electrons. The highest BCUT2D eigenvalue weighted by molar-refractivity contribution is 5.36. The van der Waals surface area contributed by atoms with Gasteiger partial charge in [-0.15, -0.1) is 0 Å². The molecular formula is C19H23NO. The molecule has 0 bridgehead atoms. The summed E-state index contributed by atoms with van der Waals surface area (Å²) in [5.41, 5.74) is 5.15. The van der Waals surface area contributed by atoms with Gasteiger partial charge in [-0.25, -0.2) is 0 Å². The monoisotopic (exact) mass is 281 g/mol. The number of rotatable bonds is 5. The first-order valence-electron chi connectivity index (χ1n) is 7.81. The van der Waals surface area contributed by atoms with Crippen LogP contribution in [0.1, 0.15) is 41.7 Å². The quantitative estimate of drug-likeness (QED) is 0.880. The molecule has 1 aliphatic carbocycles. The third-order valence-corrected chi connectivity index (χ3v) is 4.41. The molecule has 2 heteroatoms. The minimum Gasteiger partial charge on any atom is -0.387 e. The standard InChI is InChI=1S/C19H23NO/c1-14(20-13-15-6-3-2-4-7-15)19(21)18-11-10-16-8-5-9-17(16)12-18/h2-4,6-7,10-12,14,19-21H,5,8-9,13H2,1H3. The number of aliphatic hydroxyl groups is 1. The molecule has 21 heavy (non-hydrogen) atoms. The average Bonchev–Trinajstić information content (AvgIpc) is 3.00. The van der Waals surface area contributed by atoms with Crippen LogP contribution in [0.2, 0.25) is 0 Å². The Bertz CT molecular complexity index is 594. The highest BCUT2D eigenvalue weighted by Crippen LogP contribution is 2.26. The van der Waals surface area contributed by atoms with Gasteiger partial charge >= 0.3 is 0 Å². The van der Waals surface area contributed by atoms with E-state index >= 15 is 0 Å². The fourth-order valence-electron chi connectivity index (χ4n) is 3.05. The van der Waals surface area contributed by atoms with Crippen LogP contribution >= 0.6 is 0 Å². The van der Waals surface area contributed by atoms with Crippen LogP contribution < -0.4 is 5.32 Å². The first-order valence-corrected chi connectivity index (χ1v) is 7.81. The van der Waals surface area contributed by atoms with Crippen LogP contribution in [-0.4, -0.2) is 11.1 Å². The molecular weight excluding hydrogens is 258 g/mol. The zero-order valence-corrected chi connectivity index (χ0v) is 12.5. The molecule has 0 aliphatic heterocycles. The van der Waals surface area contributed by atoms with E-state index in [1.165, 1.54) is 29.5 Å². The zero-order valence-electron chi connectivity index (χ0n) is 12.5. The van der Waals surface area contributed by atoms with Gasteiger partial charge in [-0.3, -0.25) is 0 Å². The van der Waals surface area contributed by atoms with Gasteiger partial charge in [0.2, 0.25) is 0 Å². The predicted molar refractivity (Wildman–Crippen MR) is 86.2 cm³/mol. The third kappa shape index (κ3) is 3.34. The van der Waals surface area contributed by atoms with Gasteiger partial charge in [-0.05, 0) is 48.4 Å². The molecule has 2 aromatic rings. The normalized spacial score (nSPS) is 16.5. The van der Waals surface area contributed by atoms with Crippen LogP contribution in [0.3, 0.4) is 0 Å². The maximum Gasteiger partial charge on any atom is 0.0940 e. The molecule has 0 heterocycles. The van der Waals surface area contributed by atoms with Crippen LogP contribution in [-0.2, 0) is 19.4 Å². The Hall–Kier alpha value is -1.64. The smallest absolute Gasteiger partial charge is 0.0940 e. The van der Waals surface area contributed by atoms with Crippen molar-refractivity contribution in [2.24, 2.45) is 0 Å². The Morgan fingerprint density at radius 2 is 1.81 bits per heavy atom. The second kappa shape index (κ2) is 6.42. The van der Waals surface area contributed by atoms with Gasteiger partial charge in [0.15, 0.2) is 0 Å². The Labute approximate surface area is 126 Å². The number of hydrogen-bond donors (Lipinski definition) is 2. The number of nitrogens with one attached hydrogen (secondary N) is 1. The fraction of sp³-hybridized carbons (Fsp3) is 0.368. The lowest BCUT2D eigenvalue weighted by atomic mass is 9.99. The molecule has 110 valence electrons. The van der Waals surface area contributed by atoms with Crippen LogP contribution in [0.15, 0.2) is 48.5 Å². The summed E-state index contributed by atoms with van der Waals surface area (Å²) in [7, 11) is 0. The molecule has 1 aliphatic rings. The average molecular weight is 281 g/mol. The highest BCUT2D eigenvalue weighted by Gasteiger charge is 2.18. The van der Waals surface area contributed by atoms with Crippen molar-refractivity contribution in [3.63, 3.8) is 0 Å². The summed E-state index contributed by atoms with van der Waals surface area (Å²) >= 11 is 0. The molecule has 2 aromatic carbocycles. The molecule has 0 fully saturated rings. The summed E-state index contributed by atoms with van der Waals surface area (Å²) in [5.74, 6) is 0. The van der Waals surface area contributed by atoms with E-state index in [1.807, 2.05) is 25.1 Å². The van der Waals surface area contributed by atoms with Gasteiger partial charge in [0.1, 0.15) is 0 Å². The summed E-state index contributed by atoms with van der Waals surface area (Å²) in [6, 6.07) is 16.8.